The number of amides is 2. The van der Waals surface area contributed by atoms with Crippen LogP contribution < -0.4 is 5.32 Å². The normalized spacial score (nSPS) is 15.7. The number of hydrogen-bond acceptors (Lipinski definition) is 6. The van der Waals surface area contributed by atoms with Crippen molar-refractivity contribution in [3.8, 4) is 0 Å². The van der Waals surface area contributed by atoms with Gasteiger partial charge in [-0.05, 0) is 30.9 Å². The fourth-order valence-electron chi connectivity index (χ4n) is 4.91. The number of aromatic nitrogens is 1. The zero-order chi connectivity index (χ0) is 26.3. The molecule has 0 aliphatic carbocycles. The highest BCUT2D eigenvalue weighted by Crippen LogP contribution is 2.36. The number of piperidine rings is 1. The first kappa shape index (κ1) is 26.7. The zero-order valence-corrected chi connectivity index (χ0v) is 21.9. The molecule has 1 fully saturated rings. The molecule has 8 heteroatoms. The van der Waals surface area contributed by atoms with E-state index in [-0.39, 0.29) is 18.1 Å². The Balaban J connectivity index is 1.21. The molecule has 1 aliphatic rings. The Morgan fingerprint density at radius 1 is 1.05 bits per heavy atom. The van der Waals surface area contributed by atoms with Gasteiger partial charge in [-0.1, -0.05) is 60.7 Å². The van der Waals surface area contributed by atoms with Crippen LogP contribution >= 0.6 is 11.3 Å². The fourth-order valence-corrected chi connectivity index (χ4v) is 5.71. The number of benzene rings is 2. The summed E-state index contributed by atoms with van der Waals surface area (Å²) >= 11 is 1.56. The summed E-state index contributed by atoms with van der Waals surface area (Å²) in [6.45, 7) is 2.71. The van der Waals surface area contributed by atoms with Gasteiger partial charge in [0.15, 0.2) is 0 Å². The van der Waals surface area contributed by atoms with Crippen LogP contribution in [0.5, 0.6) is 0 Å². The Hall–Kier alpha value is -3.36. The molecule has 7 nitrogen and oxygen atoms in total. The van der Waals surface area contributed by atoms with Crippen LogP contribution in [0, 0.1) is 0 Å². The minimum atomic E-state index is -1.40. The highest BCUT2D eigenvalue weighted by Gasteiger charge is 2.42. The number of aliphatic hydroxyl groups is 1. The minimum absolute atomic E-state index is 0.0816. The van der Waals surface area contributed by atoms with E-state index in [4.69, 9.17) is 0 Å². The maximum Gasteiger partial charge on any atom is 0.251 e. The number of rotatable bonds is 10. The van der Waals surface area contributed by atoms with Crippen molar-refractivity contribution in [1.29, 1.82) is 0 Å². The lowest BCUT2D eigenvalue weighted by molar-refractivity contribution is -0.145. The average molecular weight is 520 g/mol. The van der Waals surface area contributed by atoms with Crippen molar-refractivity contribution < 1.29 is 19.5 Å². The van der Waals surface area contributed by atoms with E-state index in [1.54, 1.807) is 23.2 Å². The van der Waals surface area contributed by atoms with Crippen molar-refractivity contribution in [3.63, 3.8) is 0 Å². The first-order valence-electron chi connectivity index (χ1n) is 12.6. The number of thiazole rings is 1. The van der Waals surface area contributed by atoms with E-state index in [2.05, 4.69) is 22.4 Å². The lowest BCUT2D eigenvalue weighted by Crippen LogP contribution is -2.51. The van der Waals surface area contributed by atoms with Crippen molar-refractivity contribution in [1.82, 2.24) is 15.2 Å². The molecule has 194 valence electrons. The highest BCUT2D eigenvalue weighted by molar-refractivity contribution is 7.09. The molecular formula is C29H33N3O4S. The van der Waals surface area contributed by atoms with Crippen LogP contribution in [0.25, 0.3) is 0 Å². The molecule has 0 unspecified atom stereocenters. The van der Waals surface area contributed by atoms with Crippen LogP contribution in [0.2, 0.25) is 0 Å². The molecule has 4 rings (SSSR count). The Bertz CT molecular complexity index is 1200. The topological polar surface area (TPSA) is 99.6 Å². The second-order valence-corrected chi connectivity index (χ2v) is 10.5. The van der Waals surface area contributed by atoms with Crippen molar-refractivity contribution >= 4 is 28.9 Å². The number of Topliss-reactive ketones (excluding diaryl/α,β-unsaturated/α-hetero) is 1. The van der Waals surface area contributed by atoms with Gasteiger partial charge in [0.2, 0.25) is 5.91 Å². The third-order valence-corrected chi connectivity index (χ3v) is 8.04. The maximum atomic E-state index is 12.8. The van der Waals surface area contributed by atoms with Crippen LogP contribution in [-0.2, 0) is 32.6 Å². The van der Waals surface area contributed by atoms with E-state index >= 15 is 0 Å². The smallest absolute Gasteiger partial charge is 0.251 e. The molecule has 3 aromatic rings. The molecule has 1 atom stereocenters. The molecule has 1 aromatic heterocycles. The van der Waals surface area contributed by atoms with Gasteiger partial charge in [0.25, 0.3) is 5.91 Å². The Morgan fingerprint density at radius 3 is 2.35 bits per heavy atom. The number of likely N-dealkylation sites (tertiary alicyclic amines) is 1. The molecule has 2 N–H and O–H groups in total. The summed E-state index contributed by atoms with van der Waals surface area (Å²) in [7, 11) is 0. The van der Waals surface area contributed by atoms with E-state index in [9.17, 15) is 19.5 Å². The van der Waals surface area contributed by atoms with Crippen molar-refractivity contribution in [2.75, 3.05) is 19.6 Å². The number of hydrogen-bond donors (Lipinski definition) is 2. The van der Waals surface area contributed by atoms with Crippen LogP contribution in [0.4, 0.5) is 0 Å². The zero-order valence-electron chi connectivity index (χ0n) is 21.1. The van der Waals surface area contributed by atoms with Crippen LogP contribution in [-0.4, -0.2) is 58.3 Å². The monoisotopic (exact) mass is 519 g/mol. The van der Waals surface area contributed by atoms with Crippen LogP contribution in [0.3, 0.4) is 0 Å². The molecule has 0 bridgehead atoms. The van der Waals surface area contributed by atoms with E-state index < -0.39 is 17.4 Å². The summed E-state index contributed by atoms with van der Waals surface area (Å²) in [5, 5.41) is 16.2. The first-order chi connectivity index (χ1) is 17.9. The predicted molar refractivity (Wildman–Crippen MR) is 143 cm³/mol. The lowest BCUT2D eigenvalue weighted by Gasteiger charge is -2.41. The quantitative estimate of drug-likeness (QED) is 0.428. The predicted octanol–water partition coefficient (Wildman–Crippen LogP) is 3.29. The summed E-state index contributed by atoms with van der Waals surface area (Å²) in [4.78, 5) is 43.9. The molecule has 0 saturated carbocycles. The molecule has 2 heterocycles. The number of ketones is 1. The van der Waals surface area contributed by atoms with Gasteiger partial charge in [-0.25, -0.2) is 4.98 Å². The Labute approximate surface area is 221 Å². The molecule has 1 saturated heterocycles. The van der Waals surface area contributed by atoms with E-state index in [1.807, 2.05) is 53.9 Å². The maximum absolute atomic E-state index is 12.8. The Morgan fingerprint density at radius 2 is 1.70 bits per heavy atom. The minimum Gasteiger partial charge on any atom is -0.383 e. The second-order valence-electron chi connectivity index (χ2n) is 9.54. The average Bonchev–Trinajstić information content (AvgIpc) is 3.36. The molecular weight excluding hydrogens is 486 g/mol. The summed E-state index contributed by atoms with van der Waals surface area (Å²) < 4.78 is 0. The van der Waals surface area contributed by atoms with Gasteiger partial charge in [0.1, 0.15) is 11.9 Å². The van der Waals surface area contributed by atoms with Crippen LogP contribution in [0.1, 0.15) is 48.0 Å². The van der Waals surface area contributed by atoms with Gasteiger partial charge in [-0.2, -0.15) is 0 Å². The number of carbonyl (C=O) groups excluding carboxylic acids is 3. The largest absolute Gasteiger partial charge is 0.383 e. The number of carbonyl (C=O) groups is 3. The van der Waals surface area contributed by atoms with Gasteiger partial charge in [0.05, 0.1) is 22.5 Å². The van der Waals surface area contributed by atoms with Crippen molar-refractivity contribution in [3.05, 3.63) is 87.9 Å². The fraction of sp³-hybridized carbons (Fsp3) is 0.379. The molecule has 37 heavy (non-hydrogen) atoms. The van der Waals surface area contributed by atoms with Gasteiger partial charge in [0, 0.05) is 37.9 Å². The van der Waals surface area contributed by atoms with Crippen molar-refractivity contribution in [2.24, 2.45) is 0 Å². The van der Waals surface area contributed by atoms with Gasteiger partial charge in [-0.15, -0.1) is 11.3 Å². The van der Waals surface area contributed by atoms with Crippen LogP contribution in [0.15, 0.2) is 66.0 Å². The van der Waals surface area contributed by atoms with Gasteiger partial charge < -0.3 is 15.3 Å². The molecule has 1 aliphatic heterocycles. The molecule has 2 aromatic carbocycles. The molecule has 0 radical (unpaired) electrons. The third kappa shape index (κ3) is 6.70. The van der Waals surface area contributed by atoms with Gasteiger partial charge >= 0.3 is 0 Å². The highest BCUT2D eigenvalue weighted by atomic mass is 32.1. The summed E-state index contributed by atoms with van der Waals surface area (Å²) in [6.07, 6.45) is 0.664. The summed E-state index contributed by atoms with van der Waals surface area (Å²) in [5.74, 6) is -0.759. The molecule has 0 spiro atoms. The van der Waals surface area contributed by atoms with E-state index in [0.717, 1.165) is 22.7 Å². The summed E-state index contributed by atoms with van der Waals surface area (Å²) in [5.41, 5.74) is 2.55. The number of nitrogens with zero attached hydrogens (tertiary/aromatic N) is 2. The standard InChI is InChI=1S/C29H33N3O4S/c1-21(33)29(23-10-6-3-7-11-23)13-16-32(17-14-29)28(36)25(34)19-26(35)30-15-12-27-31-24(20-37-27)18-22-8-4-2-5-9-22/h2-11,20,25,34H,12-19H2,1H3,(H,30,35)/t25-/m1/s1. The number of nitrogens with one attached hydrogen (secondary N) is 1. The Kier molecular flexibility index (Phi) is 8.84. The number of aliphatic hydroxyl groups excluding tert-OH is 1. The van der Waals surface area contributed by atoms with E-state index in [0.29, 0.717) is 38.9 Å². The first-order valence-corrected chi connectivity index (χ1v) is 13.5. The molecule has 2 amide bonds. The van der Waals surface area contributed by atoms with E-state index in [1.165, 1.54) is 5.56 Å². The lowest BCUT2D eigenvalue weighted by atomic mass is 9.70. The second kappa shape index (κ2) is 12.3. The van der Waals surface area contributed by atoms with Gasteiger partial charge in [-0.3, -0.25) is 14.4 Å². The third-order valence-electron chi connectivity index (χ3n) is 7.08. The SMILES string of the molecule is CC(=O)C1(c2ccccc2)CCN(C(=O)[C@H](O)CC(=O)NCCc2nc(Cc3ccccc3)cs2)CC1. The summed E-state index contributed by atoms with van der Waals surface area (Å²) in [6, 6.07) is 19.8. The van der Waals surface area contributed by atoms with Crippen molar-refractivity contribution in [2.45, 2.75) is 50.5 Å².